The van der Waals surface area contributed by atoms with Gasteiger partial charge in [0, 0.05) is 6.04 Å². The minimum absolute atomic E-state index is 0.170. The van der Waals surface area contributed by atoms with Gasteiger partial charge in [0.05, 0.1) is 4.90 Å². The van der Waals surface area contributed by atoms with Crippen molar-refractivity contribution in [3.8, 4) is 0 Å². The summed E-state index contributed by atoms with van der Waals surface area (Å²) in [7, 11) is -3.53. The molecule has 3 aromatic carbocycles. The second-order valence-corrected chi connectivity index (χ2v) is 8.57. The first-order valence-electron chi connectivity index (χ1n) is 8.61. The van der Waals surface area contributed by atoms with Gasteiger partial charge in [0.2, 0.25) is 10.0 Å². The molecule has 0 bridgehead atoms. The van der Waals surface area contributed by atoms with Gasteiger partial charge < -0.3 is 0 Å². The van der Waals surface area contributed by atoms with Crippen molar-refractivity contribution in [1.82, 2.24) is 4.72 Å². The molecule has 1 aliphatic rings. The van der Waals surface area contributed by atoms with Gasteiger partial charge in [-0.3, -0.25) is 0 Å². The fraction of sp³-hybridized carbons (Fsp3) is 0.238. The fourth-order valence-electron chi connectivity index (χ4n) is 3.22. The number of nitrogens with one attached hydrogen (secondary N) is 1. The number of benzene rings is 3. The molecule has 1 fully saturated rings. The van der Waals surface area contributed by atoms with Crippen LogP contribution < -0.4 is 4.72 Å². The van der Waals surface area contributed by atoms with Crippen LogP contribution in [0.5, 0.6) is 0 Å². The summed E-state index contributed by atoms with van der Waals surface area (Å²) < 4.78 is 28.6. The van der Waals surface area contributed by atoms with Crippen LogP contribution in [0.2, 0.25) is 0 Å². The van der Waals surface area contributed by atoms with Gasteiger partial charge in [-0.2, -0.15) is 0 Å². The molecule has 0 saturated heterocycles. The highest BCUT2D eigenvalue weighted by atomic mass is 32.2. The van der Waals surface area contributed by atoms with Crippen molar-refractivity contribution in [3.05, 3.63) is 77.9 Å². The predicted molar refractivity (Wildman–Crippen MR) is 101 cm³/mol. The minimum atomic E-state index is -3.53. The van der Waals surface area contributed by atoms with Gasteiger partial charge in [0.25, 0.3) is 0 Å². The monoisotopic (exact) mass is 351 g/mol. The van der Waals surface area contributed by atoms with Crippen molar-refractivity contribution in [2.75, 3.05) is 0 Å². The summed E-state index contributed by atoms with van der Waals surface area (Å²) in [5, 5.41) is 2.31. The number of rotatable bonds is 5. The quantitative estimate of drug-likeness (QED) is 0.731. The average molecular weight is 351 g/mol. The number of sulfonamides is 1. The minimum Gasteiger partial charge on any atom is -0.207 e. The van der Waals surface area contributed by atoms with E-state index in [1.54, 1.807) is 12.1 Å². The Labute approximate surface area is 148 Å². The van der Waals surface area contributed by atoms with Gasteiger partial charge >= 0.3 is 0 Å². The Kier molecular flexibility index (Phi) is 4.10. The molecule has 0 radical (unpaired) electrons. The molecule has 0 aromatic heterocycles. The second kappa shape index (κ2) is 6.28. The first kappa shape index (κ1) is 16.3. The molecular weight excluding hydrogens is 330 g/mol. The standard InChI is InChI=1S/C21H21NO2S/c1-15-6-12-20(13-7-15)25(23,24)22-21(17-9-10-17)19-11-8-16-4-2-3-5-18(16)14-19/h2-8,11-14,17,21-22H,9-10H2,1H3/t21-/m0/s1. The van der Waals surface area contributed by atoms with E-state index >= 15 is 0 Å². The zero-order valence-electron chi connectivity index (χ0n) is 14.1. The lowest BCUT2D eigenvalue weighted by Crippen LogP contribution is -2.30. The smallest absolute Gasteiger partial charge is 0.207 e. The Morgan fingerprint density at radius 3 is 2.28 bits per heavy atom. The Morgan fingerprint density at radius 2 is 1.60 bits per heavy atom. The highest BCUT2D eigenvalue weighted by molar-refractivity contribution is 7.89. The summed E-state index contributed by atoms with van der Waals surface area (Å²) in [6, 6.07) is 21.2. The van der Waals surface area contributed by atoms with E-state index in [4.69, 9.17) is 0 Å². The molecule has 1 aliphatic carbocycles. The molecule has 0 aliphatic heterocycles. The van der Waals surface area contributed by atoms with Crippen molar-refractivity contribution >= 4 is 20.8 Å². The van der Waals surface area contributed by atoms with Crippen LogP contribution in [0.4, 0.5) is 0 Å². The van der Waals surface area contributed by atoms with Crippen LogP contribution in [0.15, 0.2) is 71.6 Å². The first-order valence-corrected chi connectivity index (χ1v) is 10.1. The van der Waals surface area contributed by atoms with Crippen molar-refractivity contribution in [3.63, 3.8) is 0 Å². The van der Waals surface area contributed by atoms with E-state index in [2.05, 4.69) is 29.0 Å². The van der Waals surface area contributed by atoms with E-state index in [9.17, 15) is 8.42 Å². The molecule has 128 valence electrons. The fourth-order valence-corrected chi connectivity index (χ4v) is 4.51. The summed E-state index contributed by atoms with van der Waals surface area (Å²) in [5.41, 5.74) is 2.09. The largest absolute Gasteiger partial charge is 0.241 e. The Bertz CT molecular complexity index is 1010. The van der Waals surface area contributed by atoms with Crippen LogP contribution in [-0.2, 0) is 10.0 Å². The van der Waals surface area contributed by atoms with E-state index in [0.717, 1.165) is 29.4 Å². The third-order valence-corrected chi connectivity index (χ3v) is 6.30. The Morgan fingerprint density at radius 1 is 0.920 bits per heavy atom. The lowest BCUT2D eigenvalue weighted by Gasteiger charge is -2.19. The molecule has 0 spiro atoms. The van der Waals surface area contributed by atoms with Gasteiger partial charge in [0.15, 0.2) is 0 Å². The van der Waals surface area contributed by atoms with Crippen LogP contribution in [0.25, 0.3) is 10.8 Å². The third-order valence-electron chi connectivity index (χ3n) is 4.84. The predicted octanol–water partition coefficient (Wildman–Crippen LogP) is 4.58. The highest BCUT2D eigenvalue weighted by Gasteiger charge is 2.35. The van der Waals surface area contributed by atoms with Crippen molar-refractivity contribution in [1.29, 1.82) is 0 Å². The molecule has 0 heterocycles. The van der Waals surface area contributed by atoms with Crippen molar-refractivity contribution in [2.45, 2.75) is 30.7 Å². The van der Waals surface area contributed by atoms with Crippen LogP contribution in [0.1, 0.15) is 30.0 Å². The third kappa shape index (κ3) is 3.46. The molecular formula is C21H21NO2S. The zero-order valence-corrected chi connectivity index (χ0v) is 15.0. The number of fused-ring (bicyclic) bond motifs is 1. The van der Waals surface area contributed by atoms with E-state index in [0.29, 0.717) is 10.8 Å². The van der Waals surface area contributed by atoms with Crippen LogP contribution in [-0.4, -0.2) is 8.42 Å². The molecule has 0 unspecified atom stereocenters. The van der Waals surface area contributed by atoms with Crippen LogP contribution in [0, 0.1) is 12.8 Å². The molecule has 3 nitrogen and oxygen atoms in total. The molecule has 3 aromatic rings. The molecule has 1 N–H and O–H groups in total. The summed E-state index contributed by atoms with van der Waals surface area (Å²) in [5.74, 6) is 0.376. The van der Waals surface area contributed by atoms with Gasteiger partial charge in [-0.1, -0.05) is 54.1 Å². The molecule has 1 atom stereocenters. The van der Waals surface area contributed by atoms with E-state index in [1.165, 1.54) is 5.39 Å². The van der Waals surface area contributed by atoms with Crippen molar-refractivity contribution in [2.24, 2.45) is 5.92 Å². The molecule has 4 heteroatoms. The summed E-state index contributed by atoms with van der Waals surface area (Å²) in [4.78, 5) is 0.324. The molecule has 4 rings (SSSR count). The highest BCUT2D eigenvalue weighted by Crippen LogP contribution is 2.42. The second-order valence-electron chi connectivity index (χ2n) is 6.86. The van der Waals surface area contributed by atoms with Crippen LogP contribution >= 0.6 is 0 Å². The maximum Gasteiger partial charge on any atom is 0.241 e. The summed E-state index contributed by atoms with van der Waals surface area (Å²) >= 11 is 0. The maximum atomic E-state index is 12.8. The van der Waals surface area contributed by atoms with Crippen LogP contribution in [0.3, 0.4) is 0 Å². The zero-order chi connectivity index (χ0) is 17.4. The van der Waals surface area contributed by atoms with E-state index < -0.39 is 10.0 Å². The van der Waals surface area contributed by atoms with E-state index in [1.807, 2.05) is 37.3 Å². The lowest BCUT2D eigenvalue weighted by atomic mass is 9.99. The number of hydrogen-bond acceptors (Lipinski definition) is 2. The van der Waals surface area contributed by atoms with Crippen molar-refractivity contribution < 1.29 is 8.42 Å². The molecule has 25 heavy (non-hydrogen) atoms. The Hall–Kier alpha value is -2.17. The summed E-state index contributed by atoms with van der Waals surface area (Å²) in [6.45, 7) is 1.95. The first-order chi connectivity index (χ1) is 12.0. The van der Waals surface area contributed by atoms with E-state index in [-0.39, 0.29) is 6.04 Å². The number of aryl methyl sites for hydroxylation is 1. The topological polar surface area (TPSA) is 46.2 Å². The normalized spacial score (nSPS) is 16.0. The lowest BCUT2D eigenvalue weighted by molar-refractivity contribution is 0.529. The Balaban J connectivity index is 1.68. The molecule has 0 amide bonds. The van der Waals surface area contributed by atoms with Gasteiger partial charge in [-0.15, -0.1) is 0 Å². The maximum absolute atomic E-state index is 12.8. The SMILES string of the molecule is Cc1ccc(S(=O)(=O)N[C@H](c2ccc3ccccc3c2)C2CC2)cc1. The van der Waals surface area contributed by atoms with Gasteiger partial charge in [-0.25, -0.2) is 13.1 Å². The molecule has 1 saturated carbocycles. The van der Waals surface area contributed by atoms with Gasteiger partial charge in [0.1, 0.15) is 0 Å². The van der Waals surface area contributed by atoms with Gasteiger partial charge in [-0.05, 0) is 60.2 Å². The average Bonchev–Trinajstić information content (AvgIpc) is 3.45. The number of hydrogen-bond donors (Lipinski definition) is 1. The summed E-state index contributed by atoms with van der Waals surface area (Å²) in [6.07, 6.45) is 2.13.